The number of sulfone groups is 1. The first-order valence-electron chi connectivity index (χ1n) is 8.51. The van der Waals surface area contributed by atoms with E-state index in [1.807, 2.05) is 0 Å². The van der Waals surface area contributed by atoms with Gasteiger partial charge in [0.1, 0.15) is 0 Å². The van der Waals surface area contributed by atoms with Gasteiger partial charge in [0.05, 0.1) is 29.2 Å². The summed E-state index contributed by atoms with van der Waals surface area (Å²) in [4.78, 5) is 14.2. The molecule has 0 unspecified atom stereocenters. The first kappa shape index (κ1) is 19.2. The van der Waals surface area contributed by atoms with Crippen LogP contribution < -0.4 is 5.32 Å². The molecular weight excluding hydrogens is 369 g/mol. The second-order valence-electron chi connectivity index (χ2n) is 6.99. The quantitative estimate of drug-likeness (QED) is 0.853. The summed E-state index contributed by atoms with van der Waals surface area (Å²) in [6.45, 7) is 0.648. The Hall–Kier alpha value is -1.61. The van der Waals surface area contributed by atoms with Crippen molar-refractivity contribution in [3.63, 3.8) is 0 Å². The molecule has 0 spiro atoms. The zero-order valence-electron chi connectivity index (χ0n) is 14.2. The van der Waals surface area contributed by atoms with Gasteiger partial charge in [-0.25, -0.2) is 8.42 Å². The highest BCUT2D eigenvalue weighted by atomic mass is 32.2. The van der Waals surface area contributed by atoms with Crippen LogP contribution in [0.5, 0.6) is 0 Å². The fourth-order valence-electron chi connectivity index (χ4n) is 3.43. The van der Waals surface area contributed by atoms with E-state index in [0.29, 0.717) is 31.5 Å². The number of hydrogen-bond acceptors (Lipinski definition) is 4. The van der Waals surface area contributed by atoms with Gasteiger partial charge in [-0.15, -0.1) is 0 Å². The summed E-state index contributed by atoms with van der Waals surface area (Å²) in [5, 5.41) is 2.90. The minimum atomic E-state index is -4.43. The molecule has 0 radical (unpaired) electrons. The number of hydrogen-bond donors (Lipinski definition) is 1. The maximum absolute atomic E-state index is 13.0. The van der Waals surface area contributed by atoms with E-state index in [4.69, 9.17) is 0 Å². The first-order valence-corrected chi connectivity index (χ1v) is 10.3. The molecule has 5 nitrogen and oxygen atoms in total. The SMILES string of the molecule is O=C(CN1CCS(=O)(=O)CC1)NC1(c2cccc(C(F)(F)F)c2)CCC1. The van der Waals surface area contributed by atoms with E-state index < -0.39 is 27.1 Å². The Morgan fingerprint density at radius 1 is 1.19 bits per heavy atom. The van der Waals surface area contributed by atoms with Crippen molar-refractivity contribution in [3.8, 4) is 0 Å². The molecule has 3 rings (SSSR count). The fraction of sp³-hybridized carbons (Fsp3) is 0.588. The van der Waals surface area contributed by atoms with E-state index in [-0.39, 0.29) is 24.0 Å². The van der Waals surface area contributed by atoms with Crippen molar-refractivity contribution in [1.82, 2.24) is 10.2 Å². The third kappa shape index (κ3) is 4.20. The monoisotopic (exact) mass is 390 g/mol. The largest absolute Gasteiger partial charge is 0.416 e. The Balaban J connectivity index is 1.68. The Morgan fingerprint density at radius 3 is 2.38 bits per heavy atom. The molecule has 1 saturated heterocycles. The summed E-state index contributed by atoms with van der Waals surface area (Å²) in [6.07, 6.45) is -2.41. The van der Waals surface area contributed by atoms with E-state index in [2.05, 4.69) is 5.32 Å². The summed E-state index contributed by atoms with van der Waals surface area (Å²) >= 11 is 0. The van der Waals surface area contributed by atoms with Crippen LogP contribution >= 0.6 is 0 Å². The summed E-state index contributed by atoms with van der Waals surface area (Å²) in [7, 11) is -3.02. The number of nitrogens with one attached hydrogen (secondary N) is 1. The molecule has 1 aromatic carbocycles. The molecule has 1 saturated carbocycles. The standard InChI is InChI=1S/C17H21F3N2O3S/c18-17(19,20)14-4-1-3-13(11-14)16(5-2-6-16)21-15(23)12-22-7-9-26(24,25)10-8-22/h1,3-4,11H,2,5-10,12H2,(H,21,23). The minimum absolute atomic E-state index is 0.0268. The van der Waals surface area contributed by atoms with Crippen molar-refractivity contribution in [3.05, 3.63) is 35.4 Å². The van der Waals surface area contributed by atoms with Crippen LogP contribution in [0.4, 0.5) is 13.2 Å². The number of carbonyl (C=O) groups excluding carboxylic acids is 1. The van der Waals surface area contributed by atoms with Crippen molar-refractivity contribution in [2.24, 2.45) is 0 Å². The summed E-state index contributed by atoms with van der Waals surface area (Å²) in [6, 6.07) is 5.10. The van der Waals surface area contributed by atoms with Gasteiger partial charge in [0.2, 0.25) is 5.91 Å². The molecule has 1 N–H and O–H groups in total. The molecule has 9 heteroatoms. The molecule has 144 valence electrons. The molecule has 1 aliphatic carbocycles. The molecule has 1 heterocycles. The highest BCUT2D eigenvalue weighted by molar-refractivity contribution is 7.91. The van der Waals surface area contributed by atoms with E-state index in [1.54, 1.807) is 11.0 Å². The van der Waals surface area contributed by atoms with Crippen molar-refractivity contribution in [2.75, 3.05) is 31.1 Å². The lowest BCUT2D eigenvalue weighted by Crippen LogP contribution is -2.54. The van der Waals surface area contributed by atoms with Gasteiger partial charge >= 0.3 is 6.18 Å². The lowest BCUT2D eigenvalue weighted by atomic mass is 9.71. The van der Waals surface area contributed by atoms with Gasteiger partial charge in [0, 0.05) is 13.1 Å². The highest BCUT2D eigenvalue weighted by Gasteiger charge is 2.41. The van der Waals surface area contributed by atoms with Crippen LogP contribution in [-0.4, -0.2) is 50.4 Å². The Labute approximate surface area is 150 Å². The predicted octanol–water partition coefficient (Wildman–Crippen LogP) is 1.93. The second-order valence-corrected chi connectivity index (χ2v) is 9.29. The van der Waals surface area contributed by atoms with Crippen molar-refractivity contribution in [2.45, 2.75) is 31.0 Å². The lowest BCUT2D eigenvalue weighted by molar-refractivity contribution is -0.137. The average Bonchev–Trinajstić information content (AvgIpc) is 2.52. The number of halogens is 3. The van der Waals surface area contributed by atoms with Crippen molar-refractivity contribution < 1.29 is 26.4 Å². The van der Waals surface area contributed by atoms with Gasteiger partial charge in [-0.1, -0.05) is 12.1 Å². The van der Waals surface area contributed by atoms with E-state index >= 15 is 0 Å². The Bertz CT molecular complexity index is 775. The number of rotatable bonds is 4. The van der Waals surface area contributed by atoms with Crippen LogP contribution in [0.2, 0.25) is 0 Å². The Kier molecular flexibility index (Phi) is 5.04. The van der Waals surface area contributed by atoms with Crippen LogP contribution in [0.15, 0.2) is 24.3 Å². The van der Waals surface area contributed by atoms with Gasteiger partial charge in [-0.05, 0) is 37.0 Å². The Morgan fingerprint density at radius 2 is 1.85 bits per heavy atom. The maximum Gasteiger partial charge on any atom is 0.416 e. The molecule has 1 aromatic rings. The zero-order chi connectivity index (χ0) is 19.0. The van der Waals surface area contributed by atoms with Crippen molar-refractivity contribution >= 4 is 15.7 Å². The summed E-state index contributed by atoms with van der Waals surface area (Å²) < 4.78 is 61.8. The minimum Gasteiger partial charge on any atom is -0.345 e. The number of benzene rings is 1. The average molecular weight is 390 g/mol. The predicted molar refractivity (Wildman–Crippen MR) is 90.2 cm³/mol. The van der Waals surface area contributed by atoms with E-state index in [1.165, 1.54) is 6.07 Å². The highest BCUT2D eigenvalue weighted by Crippen LogP contribution is 2.42. The number of alkyl halides is 3. The molecule has 0 bridgehead atoms. The van der Waals surface area contributed by atoms with Crippen LogP contribution in [-0.2, 0) is 26.3 Å². The number of amides is 1. The molecule has 0 atom stereocenters. The van der Waals surface area contributed by atoms with Crippen LogP contribution in [0.1, 0.15) is 30.4 Å². The lowest BCUT2D eigenvalue weighted by Gasteiger charge is -2.43. The molecule has 0 aromatic heterocycles. The third-order valence-corrected chi connectivity index (χ3v) is 6.74. The number of carbonyl (C=O) groups is 1. The van der Waals surface area contributed by atoms with Crippen LogP contribution in [0.25, 0.3) is 0 Å². The molecule has 1 aliphatic heterocycles. The maximum atomic E-state index is 13.0. The molecular formula is C17H21F3N2O3S. The van der Waals surface area contributed by atoms with Gasteiger partial charge in [0.15, 0.2) is 9.84 Å². The van der Waals surface area contributed by atoms with Crippen LogP contribution in [0, 0.1) is 0 Å². The molecule has 1 amide bonds. The van der Waals surface area contributed by atoms with E-state index in [9.17, 15) is 26.4 Å². The molecule has 26 heavy (non-hydrogen) atoms. The zero-order valence-corrected chi connectivity index (χ0v) is 15.0. The van der Waals surface area contributed by atoms with Gasteiger partial charge in [-0.2, -0.15) is 13.2 Å². The molecule has 2 aliphatic rings. The van der Waals surface area contributed by atoms with Gasteiger partial charge in [0.25, 0.3) is 0 Å². The normalized spacial score (nSPS) is 22.4. The first-order chi connectivity index (χ1) is 12.1. The number of nitrogens with zero attached hydrogens (tertiary/aromatic N) is 1. The van der Waals surface area contributed by atoms with Crippen molar-refractivity contribution in [1.29, 1.82) is 0 Å². The third-order valence-electron chi connectivity index (χ3n) is 5.13. The summed E-state index contributed by atoms with van der Waals surface area (Å²) in [5.41, 5.74) is -1.02. The van der Waals surface area contributed by atoms with Gasteiger partial charge < -0.3 is 5.32 Å². The second kappa shape index (κ2) is 6.84. The summed E-state index contributed by atoms with van der Waals surface area (Å²) in [5.74, 6) is -0.237. The fourth-order valence-corrected chi connectivity index (χ4v) is 4.70. The smallest absolute Gasteiger partial charge is 0.345 e. The van der Waals surface area contributed by atoms with E-state index in [0.717, 1.165) is 18.6 Å². The topological polar surface area (TPSA) is 66.5 Å². The van der Waals surface area contributed by atoms with Gasteiger partial charge in [-0.3, -0.25) is 9.69 Å². The van der Waals surface area contributed by atoms with Crippen LogP contribution in [0.3, 0.4) is 0 Å². The molecule has 2 fully saturated rings.